The summed E-state index contributed by atoms with van der Waals surface area (Å²) in [5.74, 6) is -1.22. The molecule has 1 rings (SSSR count). The van der Waals surface area contributed by atoms with Gasteiger partial charge in [-0.15, -0.1) is 0 Å². The Morgan fingerprint density at radius 3 is 2.40 bits per heavy atom. The fourth-order valence-corrected chi connectivity index (χ4v) is 2.28. The molecule has 25 heavy (non-hydrogen) atoms. The smallest absolute Gasteiger partial charge is 0.408 e. The largest absolute Gasteiger partial charge is 0.465 e. The van der Waals surface area contributed by atoms with Gasteiger partial charge in [0.1, 0.15) is 11.6 Å². The van der Waals surface area contributed by atoms with Gasteiger partial charge < -0.3 is 20.5 Å². The molecule has 1 aromatic rings. The molecule has 1 aromatic carbocycles. The number of esters is 1. The van der Waals surface area contributed by atoms with Crippen molar-refractivity contribution in [3.63, 3.8) is 0 Å². The zero-order valence-electron chi connectivity index (χ0n) is 15.3. The molecule has 0 saturated heterocycles. The standard InChI is InChI=1S/C18H26N2O5/c1-11(12-7-6-8-13(10-12)16(22)24-5)9-14(15(19)21)20-17(23)25-18(2,3)4/h6-8,10-11,14H,9H2,1-5H3,(H2,19,21)(H,20,23)/t11?,14-/m0/s1. The molecule has 0 radical (unpaired) electrons. The molecular weight excluding hydrogens is 324 g/mol. The molecule has 0 aliphatic rings. The second kappa shape index (κ2) is 8.50. The molecule has 0 heterocycles. The van der Waals surface area contributed by atoms with Crippen molar-refractivity contribution < 1.29 is 23.9 Å². The lowest BCUT2D eigenvalue weighted by atomic mass is 9.92. The lowest BCUT2D eigenvalue weighted by molar-refractivity contribution is -0.120. The summed E-state index contributed by atoms with van der Waals surface area (Å²) in [7, 11) is 1.31. The summed E-state index contributed by atoms with van der Waals surface area (Å²) in [6, 6.07) is 6.03. The van der Waals surface area contributed by atoms with E-state index in [-0.39, 0.29) is 12.3 Å². The molecule has 138 valence electrons. The van der Waals surface area contributed by atoms with E-state index in [1.54, 1.807) is 39.0 Å². The van der Waals surface area contributed by atoms with E-state index >= 15 is 0 Å². The van der Waals surface area contributed by atoms with Crippen molar-refractivity contribution >= 4 is 18.0 Å². The van der Waals surface area contributed by atoms with Gasteiger partial charge in [-0.25, -0.2) is 9.59 Å². The molecule has 0 fully saturated rings. The van der Waals surface area contributed by atoms with E-state index < -0.39 is 29.6 Å². The zero-order chi connectivity index (χ0) is 19.2. The molecule has 2 amide bonds. The topological polar surface area (TPSA) is 108 Å². The highest BCUT2D eigenvalue weighted by atomic mass is 16.6. The van der Waals surface area contributed by atoms with Crippen molar-refractivity contribution in [1.82, 2.24) is 5.32 Å². The molecule has 0 aromatic heterocycles. The first-order chi connectivity index (χ1) is 11.5. The number of primary amides is 1. The van der Waals surface area contributed by atoms with Crippen LogP contribution in [0.5, 0.6) is 0 Å². The Morgan fingerprint density at radius 2 is 1.88 bits per heavy atom. The number of ether oxygens (including phenoxy) is 2. The van der Waals surface area contributed by atoms with E-state index in [0.717, 1.165) is 5.56 Å². The molecule has 0 aliphatic heterocycles. The maximum atomic E-state index is 11.9. The minimum atomic E-state index is -0.883. The van der Waals surface area contributed by atoms with Gasteiger partial charge in [-0.2, -0.15) is 0 Å². The third-order valence-electron chi connectivity index (χ3n) is 3.50. The van der Waals surface area contributed by atoms with Crippen LogP contribution in [0.25, 0.3) is 0 Å². The Bertz CT molecular complexity index is 637. The summed E-state index contributed by atoms with van der Waals surface area (Å²) >= 11 is 0. The number of methoxy groups -OCH3 is 1. The number of hydrogen-bond donors (Lipinski definition) is 2. The summed E-state index contributed by atoms with van der Waals surface area (Å²) in [5.41, 5.74) is 5.97. The zero-order valence-corrected chi connectivity index (χ0v) is 15.3. The van der Waals surface area contributed by atoms with Crippen LogP contribution in [0, 0.1) is 0 Å². The Labute approximate surface area is 147 Å². The van der Waals surface area contributed by atoms with Crippen LogP contribution in [0.4, 0.5) is 4.79 Å². The van der Waals surface area contributed by atoms with E-state index in [2.05, 4.69) is 5.32 Å². The number of nitrogens with two attached hydrogens (primary N) is 1. The molecular formula is C18H26N2O5. The van der Waals surface area contributed by atoms with Crippen LogP contribution in [0.15, 0.2) is 24.3 Å². The van der Waals surface area contributed by atoms with Crippen molar-refractivity contribution in [3.05, 3.63) is 35.4 Å². The van der Waals surface area contributed by atoms with E-state index in [1.807, 2.05) is 13.0 Å². The second-order valence-electron chi connectivity index (χ2n) is 6.85. The maximum Gasteiger partial charge on any atom is 0.408 e. The Hall–Kier alpha value is -2.57. The van der Waals surface area contributed by atoms with Crippen LogP contribution in [0.1, 0.15) is 56.0 Å². The van der Waals surface area contributed by atoms with Crippen molar-refractivity contribution in [2.45, 2.75) is 51.7 Å². The van der Waals surface area contributed by atoms with Crippen LogP contribution < -0.4 is 11.1 Å². The third-order valence-corrected chi connectivity index (χ3v) is 3.50. The SMILES string of the molecule is COC(=O)c1cccc(C(C)C[C@H](NC(=O)OC(C)(C)C)C(N)=O)c1. The minimum Gasteiger partial charge on any atom is -0.465 e. The minimum absolute atomic E-state index is 0.128. The van der Waals surface area contributed by atoms with Gasteiger partial charge in [0.25, 0.3) is 0 Å². The van der Waals surface area contributed by atoms with Gasteiger partial charge in [-0.3, -0.25) is 4.79 Å². The lowest BCUT2D eigenvalue weighted by Crippen LogP contribution is -2.46. The number of carbonyl (C=O) groups is 3. The number of hydrogen-bond acceptors (Lipinski definition) is 5. The van der Waals surface area contributed by atoms with Gasteiger partial charge in [-0.05, 0) is 50.8 Å². The lowest BCUT2D eigenvalue weighted by Gasteiger charge is -2.24. The fraction of sp³-hybridized carbons (Fsp3) is 0.500. The van der Waals surface area contributed by atoms with Gasteiger partial charge in [-0.1, -0.05) is 19.1 Å². The molecule has 0 spiro atoms. The van der Waals surface area contributed by atoms with Gasteiger partial charge in [0, 0.05) is 0 Å². The Kier molecular flexibility index (Phi) is 6.97. The second-order valence-corrected chi connectivity index (χ2v) is 6.85. The first kappa shape index (κ1) is 20.5. The van der Waals surface area contributed by atoms with Gasteiger partial charge in [0.15, 0.2) is 0 Å². The van der Waals surface area contributed by atoms with E-state index in [1.165, 1.54) is 7.11 Å². The van der Waals surface area contributed by atoms with Crippen LogP contribution in [0.2, 0.25) is 0 Å². The Morgan fingerprint density at radius 1 is 1.24 bits per heavy atom. The number of benzene rings is 1. The normalized spacial score (nSPS) is 13.5. The fourth-order valence-electron chi connectivity index (χ4n) is 2.28. The van der Waals surface area contributed by atoms with Crippen LogP contribution in [-0.2, 0) is 14.3 Å². The average molecular weight is 350 g/mol. The van der Waals surface area contributed by atoms with Gasteiger partial charge >= 0.3 is 12.1 Å². The molecule has 0 bridgehead atoms. The summed E-state index contributed by atoms with van der Waals surface area (Å²) < 4.78 is 9.85. The van der Waals surface area contributed by atoms with Crippen molar-refractivity contribution in [1.29, 1.82) is 0 Å². The van der Waals surface area contributed by atoms with E-state index in [9.17, 15) is 14.4 Å². The first-order valence-corrected chi connectivity index (χ1v) is 8.00. The van der Waals surface area contributed by atoms with Crippen molar-refractivity contribution in [2.24, 2.45) is 5.73 Å². The summed E-state index contributed by atoms with van der Waals surface area (Å²) in [6.45, 7) is 7.06. The highest BCUT2D eigenvalue weighted by Gasteiger charge is 2.25. The number of rotatable bonds is 6. The number of carbonyl (C=O) groups excluding carboxylic acids is 3. The highest BCUT2D eigenvalue weighted by molar-refractivity contribution is 5.89. The number of amides is 2. The molecule has 0 saturated carbocycles. The molecule has 7 nitrogen and oxygen atoms in total. The monoisotopic (exact) mass is 350 g/mol. The van der Waals surface area contributed by atoms with Crippen molar-refractivity contribution in [2.75, 3.05) is 7.11 Å². The maximum absolute atomic E-state index is 11.9. The highest BCUT2D eigenvalue weighted by Crippen LogP contribution is 2.22. The Balaban J connectivity index is 2.83. The summed E-state index contributed by atoms with van der Waals surface area (Å²) in [4.78, 5) is 35.2. The van der Waals surface area contributed by atoms with E-state index in [4.69, 9.17) is 15.2 Å². The van der Waals surface area contributed by atoms with Crippen LogP contribution in [0.3, 0.4) is 0 Å². The number of alkyl carbamates (subject to hydrolysis) is 1. The molecule has 0 aliphatic carbocycles. The van der Waals surface area contributed by atoms with Crippen LogP contribution >= 0.6 is 0 Å². The average Bonchev–Trinajstić information content (AvgIpc) is 2.51. The first-order valence-electron chi connectivity index (χ1n) is 8.00. The van der Waals surface area contributed by atoms with Gasteiger partial charge in [0.05, 0.1) is 12.7 Å². The number of nitrogens with one attached hydrogen (secondary N) is 1. The van der Waals surface area contributed by atoms with Gasteiger partial charge in [0.2, 0.25) is 5.91 Å². The molecule has 2 atom stereocenters. The van der Waals surface area contributed by atoms with E-state index in [0.29, 0.717) is 5.56 Å². The summed E-state index contributed by atoms with van der Waals surface area (Å²) in [5, 5.41) is 2.49. The predicted octanol–water partition coefficient (Wildman–Crippen LogP) is 2.35. The van der Waals surface area contributed by atoms with Crippen molar-refractivity contribution in [3.8, 4) is 0 Å². The quantitative estimate of drug-likeness (QED) is 0.766. The molecule has 1 unspecified atom stereocenters. The van der Waals surface area contributed by atoms with Crippen LogP contribution in [-0.4, -0.2) is 36.7 Å². The third kappa shape index (κ3) is 6.82. The molecule has 3 N–H and O–H groups in total. The predicted molar refractivity (Wildman–Crippen MR) is 93.2 cm³/mol. The summed E-state index contributed by atoms with van der Waals surface area (Å²) in [6.07, 6.45) is -0.425. The molecule has 7 heteroatoms.